The van der Waals surface area contributed by atoms with E-state index in [1.165, 1.54) is 0 Å². The van der Waals surface area contributed by atoms with Gasteiger partial charge < -0.3 is 21.0 Å². The van der Waals surface area contributed by atoms with Crippen LogP contribution in [0, 0.1) is 34.5 Å². The minimum atomic E-state index is -1.96. The average Bonchev–Trinajstić information content (AvgIpc) is 2.69. The molecule has 5 heteroatoms. The normalized spacial score (nSPS) is 24.1. The number of ketones is 1. The van der Waals surface area contributed by atoms with Crippen molar-refractivity contribution in [3.8, 4) is 0 Å². The van der Waals surface area contributed by atoms with E-state index in [0.717, 1.165) is 0 Å². The maximum absolute atomic E-state index is 12.9. The largest absolute Gasteiger partial charge is 0.508 e. The third kappa shape index (κ3) is 4.38. The van der Waals surface area contributed by atoms with Crippen molar-refractivity contribution in [1.29, 1.82) is 10.8 Å². The van der Waals surface area contributed by atoms with Crippen molar-refractivity contribution in [2.75, 3.05) is 0 Å². The number of nitrogens with one attached hydrogen (secondary N) is 2. The topological polar surface area (TPSA) is 105 Å². The molecule has 0 fully saturated rings. The molecular formula is C20H34N2O3. The molecular weight excluding hydrogens is 316 g/mol. The molecule has 0 aromatic rings. The molecule has 0 aliphatic heterocycles. The molecule has 0 amide bonds. The van der Waals surface area contributed by atoms with Crippen molar-refractivity contribution in [3.63, 3.8) is 0 Å². The average molecular weight is 351 g/mol. The maximum atomic E-state index is 12.9. The highest BCUT2D eigenvalue weighted by Gasteiger charge is 2.56. The van der Waals surface area contributed by atoms with Gasteiger partial charge in [-0.25, -0.2) is 0 Å². The zero-order valence-corrected chi connectivity index (χ0v) is 16.4. The van der Waals surface area contributed by atoms with Crippen LogP contribution in [0.2, 0.25) is 0 Å². The Labute approximate surface area is 151 Å². The lowest BCUT2D eigenvalue weighted by Gasteiger charge is -2.31. The highest BCUT2D eigenvalue weighted by Crippen LogP contribution is 2.42. The summed E-state index contributed by atoms with van der Waals surface area (Å²) in [6.07, 6.45) is 2.14. The van der Waals surface area contributed by atoms with Crippen LogP contribution in [0.4, 0.5) is 0 Å². The second-order valence-corrected chi connectivity index (χ2v) is 8.36. The van der Waals surface area contributed by atoms with Crippen LogP contribution >= 0.6 is 0 Å². The summed E-state index contributed by atoms with van der Waals surface area (Å²) in [4.78, 5) is 12.9. The highest BCUT2D eigenvalue weighted by atomic mass is 16.3. The lowest BCUT2D eigenvalue weighted by Crippen LogP contribution is -2.46. The van der Waals surface area contributed by atoms with E-state index >= 15 is 0 Å². The van der Waals surface area contributed by atoms with Gasteiger partial charge in [0, 0.05) is 11.4 Å². The predicted molar refractivity (Wildman–Crippen MR) is 102 cm³/mol. The van der Waals surface area contributed by atoms with Gasteiger partial charge in [0.1, 0.15) is 5.76 Å². The molecule has 0 saturated carbocycles. The first-order chi connectivity index (χ1) is 11.4. The first kappa shape index (κ1) is 21.6. The van der Waals surface area contributed by atoms with Crippen molar-refractivity contribution in [2.24, 2.45) is 23.7 Å². The molecule has 1 aliphatic carbocycles. The number of carbonyl (C=O) groups excluding carboxylic acids is 1. The Balaban J connectivity index is 3.30. The first-order valence-electron chi connectivity index (χ1n) is 9.31. The van der Waals surface area contributed by atoms with E-state index in [9.17, 15) is 15.0 Å². The minimum Gasteiger partial charge on any atom is -0.508 e. The Morgan fingerprint density at radius 2 is 1.60 bits per heavy atom. The number of Topliss-reactive ketones (excluding diaryl/α,β-unsaturated/α-hetero) is 1. The van der Waals surface area contributed by atoms with Gasteiger partial charge in [-0.1, -0.05) is 48.0 Å². The predicted octanol–water partition coefficient (Wildman–Crippen LogP) is 4.30. The highest BCUT2D eigenvalue weighted by molar-refractivity contribution is 6.27. The van der Waals surface area contributed by atoms with Crippen LogP contribution in [0.25, 0.3) is 0 Å². The molecule has 0 aromatic heterocycles. The Kier molecular flexibility index (Phi) is 7.12. The van der Waals surface area contributed by atoms with E-state index < -0.39 is 23.1 Å². The Hall–Kier alpha value is -1.49. The van der Waals surface area contributed by atoms with Crippen LogP contribution in [0.3, 0.4) is 0 Å². The van der Waals surface area contributed by atoms with Gasteiger partial charge in [-0.2, -0.15) is 0 Å². The molecule has 0 heterocycles. The lowest BCUT2D eigenvalue weighted by atomic mass is 9.78. The fourth-order valence-electron chi connectivity index (χ4n) is 3.20. The van der Waals surface area contributed by atoms with Gasteiger partial charge >= 0.3 is 0 Å². The maximum Gasteiger partial charge on any atom is 0.175 e. The van der Waals surface area contributed by atoms with Crippen molar-refractivity contribution in [1.82, 2.24) is 0 Å². The SMILES string of the molecule is CC(C)CCC(=N)[C@]1(O)C(O)=C(C(=N)C(C)C)C(=O)C1CCC(C)C. The molecule has 142 valence electrons. The van der Waals surface area contributed by atoms with E-state index in [2.05, 4.69) is 0 Å². The second kappa shape index (κ2) is 8.26. The number of aliphatic hydroxyl groups is 2. The standard InChI is InChI=1S/C20H34N2O3/c1-11(2)7-9-14-18(23)16(17(22)13(5)6)19(24)20(14,25)15(21)10-8-12(3)4/h11-14,21-22,24-25H,7-10H2,1-6H3/t14?,20-/m0/s1. The zero-order chi connectivity index (χ0) is 19.5. The summed E-state index contributed by atoms with van der Waals surface area (Å²) >= 11 is 0. The monoisotopic (exact) mass is 350 g/mol. The van der Waals surface area contributed by atoms with Gasteiger partial charge in [-0.15, -0.1) is 0 Å². The van der Waals surface area contributed by atoms with Crippen LogP contribution in [-0.4, -0.2) is 33.0 Å². The third-order valence-electron chi connectivity index (χ3n) is 4.98. The Morgan fingerprint density at radius 1 is 1.08 bits per heavy atom. The number of allylic oxidation sites excluding steroid dienone is 1. The Bertz CT molecular complexity index is 575. The van der Waals surface area contributed by atoms with Crippen LogP contribution in [0.15, 0.2) is 11.3 Å². The van der Waals surface area contributed by atoms with E-state index in [1.54, 1.807) is 13.8 Å². The molecule has 1 unspecified atom stereocenters. The minimum absolute atomic E-state index is 0.0210. The summed E-state index contributed by atoms with van der Waals surface area (Å²) in [6.45, 7) is 11.7. The second-order valence-electron chi connectivity index (χ2n) is 8.36. The molecule has 4 N–H and O–H groups in total. The van der Waals surface area contributed by atoms with E-state index in [-0.39, 0.29) is 22.9 Å². The number of carbonyl (C=O) groups is 1. The molecule has 0 saturated heterocycles. The Morgan fingerprint density at radius 3 is 2.04 bits per heavy atom. The van der Waals surface area contributed by atoms with Crippen LogP contribution in [0.5, 0.6) is 0 Å². The van der Waals surface area contributed by atoms with Crippen molar-refractivity contribution in [3.05, 3.63) is 11.3 Å². The van der Waals surface area contributed by atoms with Crippen molar-refractivity contribution >= 4 is 17.2 Å². The molecule has 0 radical (unpaired) electrons. The van der Waals surface area contributed by atoms with Gasteiger partial charge in [0.15, 0.2) is 11.4 Å². The van der Waals surface area contributed by atoms with Crippen molar-refractivity contribution < 1.29 is 15.0 Å². The lowest BCUT2D eigenvalue weighted by molar-refractivity contribution is -0.121. The van der Waals surface area contributed by atoms with Crippen LogP contribution in [0.1, 0.15) is 67.2 Å². The zero-order valence-electron chi connectivity index (χ0n) is 16.4. The van der Waals surface area contributed by atoms with Gasteiger partial charge in [-0.05, 0) is 37.0 Å². The van der Waals surface area contributed by atoms with E-state index in [4.69, 9.17) is 10.8 Å². The molecule has 0 bridgehead atoms. The smallest absolute Gasteiger partial charge is 0.175 e. The number of hydrogen-bond acceptors (Lipinski definition) is 5. The number of hydrogen-bond donors (Lipinski definition) is 4. The summed E-state index contributed by atoms with van der Waals surface area (Å²) in [5, 5.41) is 38.5. The number of aliphatic hydroxyl groups excluding tert-OH is 1. The van der Waals surface area contributed by atoms with Gasteiger partial charge in [0.05, 0.1) is 11.5 Å². The van der Waals surface area contributed by atoms with Crippen LogP contribution < -0.4 is 0 Å². The van der Waals surface area contributed by atoms with Gasteiger partial charge in [0.2, 0.25) is 0 Å². The molecule has 25 heavy (non-hydrogen) atoms. The van der Waals surface area contributed by atoms with Crippen molar-refractivity contribution in [2.45, 2.75) is 72.8 Å². The quantitative estimate of drug-likeness (QED) is 0.466. The molecule has 0 aromatic carbocycles. The summed E-state index contributed by atoms with van der Waals surface area (Å²) in [5.74, 6) is -1.29. The summed E-state index contributed by atoms with van der Waals surface area (Å²) in [6, 6.07) is 0. The van der Waals surface area contributed by atoms with E-state index in [1.807, 2.05) is 27.7 Å². The molecule has 1 aliphatic rings. The summed E-state index contributed by atoms with van der Waals surface area (Å²) < 4.78 is 0. The third-order valence-corrected chi connectivity index (χ3v) is 4.98. The summed E-state index contributed by atoms with van der Waals surface area (Å²) in [7, 11) is 0. The molecule has 1 rings (SSSR count). The fourth-order valence-corrected chi connectivity index (χ4v) is 3.20. The molecule has 0 spiro atoms. The van der Waals surface area contributed by atoms with Gasteiger partial charge in [-0.3, -0.25) is 4.79 Å². The fraction of sp³-hybridized carbons (Fsp3) is 0.750. The first-order valence-corrected chi connectivity index (χ1v) is 9.31. The summed E-state index contributed by atoms with van der Waals surface area (Å²) in [5.41, 5.74) is -2.03. The number of rotatable bonds is 9. The van der Waals surface area contributed by atoms with E-state index in [0.29, 0.717) is 37.5 Å². The molecule has 5 nitrogen and oxygen atoms in total. The van der Waals surface area contributed by atoms with Gasteiger partial charge in [0.25, 0.3) is 0 Å². The molecule has 2 atom stereocenters. The van der Waals surface area contributed by atoms with Crippen LogP contribution in [-0.2, 0) is 4.79 Å².